The second kappa shape index (κ2) is 37.3. The van der Waals surface area contributed by atoms with E-state index in [0.717, 1.165) is 19.5 Å². The van der Waals surface area contributed by atoms with Gasteiger partial charge in [-0.3, -0.25) is 34.6 Å². The molecule has 6 aliphatic rings. The number of pyridine rings is 2. The maximum Gasteiger partial charge on any atom is 0.319 e. The molecule has 6 atom stereocenters. The molecular formula is C83H85Cl5F3N23O11. The Kier molecular flexibility index (Phi) is 26.0. The topological polar surface area (TPSA) is 343 Å². The SMILES string of the molecule is C=CC(=O)N1CCN(c2nc(O[C@@H]3CN(C)C[C@H]3CC)nc3c(Oc4c(Cl)c(F)cc5[nH]ncc45)nc(Cl)cc23)CC1.C=CC(=O)N1CCN(c2nc(O[C@@H]3CN(C)C[C@H]3OC)nc3c(Oc4c(Cl)c(F)cc5[nH]ncc45)cccc23)CC1.C=CC(=O)N1CCN(c2nc(O[C@@H]3COC[C@H]3N(C)C)nc3c(Oc4c(Cl)c(F)cc5[nH]ncc45)nc(Cl)cc23)CC1. The molecule has 6 saturated heterocycles. The van der Waals surface area contributed by atoms with Crippen LogP contribution in [-0.4, -0.2) is 301 Å². The number of hydrogen-bond acceptors (Lipinski definition) is 28. The molecule has 0 unspecified atom stereocenters. The van der Waals surface area contributed by atoms with E-state index in [9.17, 15) is 27.6 Å². The normalized spacial score (nSPS) is 19.5. The Morgan fingerprint density at radius 2 is 0.880 bits per heavy atom. The lowest BCUT2D eigenvalue weighted by atomic mass is 10.0. The number of benzene rings is 4. The fraction of sp³-hybridized carbons (Fsp3) is 0.373. The van der Waals surface area contributed by atoms with Crippen LogP contribution in [0, 0.1) is 23.4 Å². The largest absolute Gasteiger partial charge is 0.458 e. The van der Waals surface area contributed by atoms with Gasteiger partial charge in [0.25, 0.3) is 0 Å². The number of rotatable bonds is 21. The molecule has 14 heterocycles. The van der Waals surface area contributed by atoms with Gasteiger partial charge in [0.1, 0.15) is 101 Å². The van der Waals surface area contributed by atoms with Crippen molar-refractivity contribution in [3.05, 3.63) is 148 Å². The van der Waals surface area contributed by atoms with Gasteiger partial charge in [0.15, 0.2) is 23.0 Å². The molecule has 6 fully saturated rings. The van der Waals surface area contributed by atoms with Crippen LogP contribution in [0.3, 0.4) is 0 Å². The molecule has 34 nitrogen and oxygen atoms in total. The van der Waals surface area contributed by atoms with Crippen LogP contribution in [0.5, 0.6) is 52.8 Å². The maximum absolute atomic E-state index is 14.7. The molecule has 18 rings (SSSR count). The summed E-state index contributed by atoms with van der Waals surface area (Å²) in [4.78, 5) is 91.7. The van der Waals surface area contributed by atoms with E-state index < -0.39 is 17.5 Å². The molecule has 125 heavy (non-hydrogen) atoms. The standard InChI is InChI=1S/C28H29Cl2FN8O3.C28H29ClFN7O4.C27H27Cl2FN8O4/c1-4-15-13-37(3)14-20(15)41-28-34-24-16(26(35-28)39-8-6-38(7-9-39)22(40)5-2)10-21(29)33-27(24)42-25-17-12-32-36-19(17)11-18(31)23(25)30;1-4-23(38)36-8-10-37(11-9-36)27-16-6-5-7-20(40-26-17-13-31-34-19(17)12-18(30)24(26)29)25(16)32-28(33-27)41-22-15-35(2)14-21(22)39-3;1-4-21(39)37-5-7-38(8-6-37)25-14-9-20(28)32-26(42-24-15-11-31-35-17(15)10-16(30)22(24)29)23(14)33-27(34-25)41-19-13-40-12-18(19)36(2)3/h5,10-12,15,20H,2,4,6-9,13-14H2,1,3H3,(H,32,36);4-7,12-13,21-22H,1,8-11,14-15H2,2-3H3,(H,31,34);4,9-11,18-19H,1,5-8,12-13H2,2-3H3,(H,31,35)/t15-,20-;21-,22-;18-,19-/m111/s1. The lowest BCUT2D eigenvalue weighted by molar-refractivity contribution is -0.127. The number of halogens is 8. The number of nitrogens with zero attached hydrogens (tertiary/aromatic N) is 20. The van der Waals surface area contributed by atoms with Gasteiger partial charge in [-0.15, -0.1) is 0 Å². The lowest BCUT2D eigenvalue weighted by Gasteiger charge is -2.35. The van der Waals surface area contributed by atoms with Gasteiger partial charge in [0.05, 0.1) is 81.3 Å². The van der Waals surface area contributed by atoms with E-state index in [2.05, 4.69) is 94.0 Å². The van der Waals surface area contributed by atoms with Crippen molar-refractivity contribution in [2.24, 2.45) is 5.92 Å². The summed E-state index contributed by atoms with van der Waals surface area (Å²) < 4.78 is 93.0. The number of H-pyrrole nitrogens is 3. The molecule has 654 valence electrons. The van der Waals surface area contributed by atoms with Crippen LogP contribution >= 0.6 is 58.0 Å². The van der Waals surface area contributed by atoms with E-state index in [1.54, 1.807) is 40.0 Å². The first kappa shape index (κ1) is 87.0. The number of aromatic nitrogens is 14. The molecule has 4 aromatic carbocycles. The summed E-state index contributed by atoms with van der Waals surface area (Å²) in [5.74, 6) is 0.146. The van der Waals surface area contributed by atoms with E-state index in [-0.39, 0.29) is 126 Å². The minimum absolute atomic E-state index is 0.00697. The van der Waals surface area contributed by atoms with Gasteiger partial charge >= 0.3 is 18.0 Å². The zero-order valence-corrected chi connectivity index (χ0v) is 72.3. The smallest absolute Gasteiger partial charge is 0.319 e. The van der Waals surface area contributed by atoms with E-state index in [1.165, 1.54) is 55.0 Å². The van der Waals surface area contributed by atoms with Gasteiger partial charge in [-0.25, -0.2) is 13.2 Å². The van der Waals surface area contributed by atoms with Crippen molar-refractivity contribution >= 4 is 159 Å². The van der Waals surface area contributed by atoms with Crippen molar-refractivity contribution in [3.63, 3.8) is 0 Å². The highest BCUT2D eigenvalue weighted by Crippen LogP contribution is 2.46. The van der Waals surface area contributed by atoms with Gasteiger partial charge in [-0.2, -0.15) is 55.2 Å². The van der Waals surface area contributed by atoms with Crippen LogP contribution in [0.15, 0.2) is 105 Å². The summed E-state index contributed by atoms with van der Waals surface area (Å²) in [5.41, 5.74) is 2.31. The fourth-order valence-electron chi connectivity index (χ4n) is 16.0. The Morgan fingerprint density at radius 1 is 0.488 bits per heavy atom. The quantitative estimate of drug-likeness (QED) is 0.0444. The average Bonchev–Trinajstić information content (AvgIpc) is 1.75. The molecule has 0 bridgehead atoms. The van der Waals surface area contributed by atoms with Crippen LogP contribution in [-0.2, 0) is 23.9 Å². The number of carbonyl (C=O) groups excluding carboxylic acids is 3. The highest BCUT2D eigenvalue weighted by Gasteiger charge is 2.39. The molecular weight excluding hydrogens is 1730 g/mol. The highest BCUT2D eigenvalue weighted by molar-refractivity contribution is 6.35. The third kappa shape index (κ3) is 18.2. The number of amides is 3. The number of nitrogens with one attached hydrogen (secondary N) is 3. The minimum Gasteiger partial charge on any atom is -0.458 e. The van der Waals surface area contributed by atoms with Crippen molar-refractivity contribution in [1.82, 2.24) is 99.9 Å². The van der Waals surface area contributed by atoms with Gasteiger partial charge in [0.2, 0.25) is 29.5 Å². The van der Waals surface area contributed by atoms with Gasteiger partial charge in [0, 0.05) is 141 Å². The number of aromatic amines is 3. The molecule has 3 N–H and O–H groups in total. The van der Waals surface area contributed by atoms with Gasteiger partial charge in [-0.05, 0) is 77.1 Å². The van der Waals surface area contributed by atoms with Crippen LogP contribution in [0.25, 0.3) is 65.4 Å². The Labute approximate surface area is 738 Å². The van der Waals surface area contributed by atoms with E-state index in [0.29, 0.717) is 194 Å². The van der Waals surface area contributed by atoms with Gasteiger partial charge < -0.3 is 77.1 Å². The molecule has 3 amide bonds. The Hall–Kier alpha value is -11.5. The monoisotopic (exact) mass is 1810 g/mol. The summed E-state index contributed by atoms with van der Waals surface area (Å²) in [7, 11) is 9.60. The highest BCUT2D eigenvalue weighted by atomic mass is 35.5. The number of likely N-dealkylation sites (N-methyl/N-ethyl adjacent to an activating group) is 3. The first-order chi connectivity index (χ1) is 60.3. The predicted octanol–water partition coefficient (Wildman–Crippen LogP) is 12.0. The zero-order chi connectivity index (χ0) is 87.8. The molecule has 0 spiro atoms. The first-order valence-corrected chi connectivity index (χ1v) is 41.9. The number of piperazine rings is 3. The molecule has 6 aliphatic heterocycles. The summed E-state index contributed by atoms with van der Waals surface area (Å²) in [5, 5.41) is 23.0. The predicted molar refractivity (Wildman–Crippen MR) is 466 cm³/mol. The molecule has 0 aliphatic carbocycles. The number of likely N-dealkylation sites (tertiary alicyclic amines) is 2. The molecule has 0 radical (unpaired) electrons. The lowest BCUT2D eigenvalue weighted by Crippen LogP contribution is -2.48. The van der Waals surface area contributed by atoms with Crippen molar-refractivity contribution in [3.8, 4) is 52.8 Å². The number of fused-ring (bicyclic) bond motifs is 6. The van der Waals surface area contributed by atoms with Crippen molar-refractivity contribution < 1.29 is 65.4 Å². The van der Waals surface area contributed by atoms with Crippen LogP contribution in [0.2, 0.25) is 25.4 Å². The minimum atomic E-state index is -0.697. The molecule has 8 aromatic heterocycles. The van der Waals surface area contributed by atoms with Gasteiger partial charge in [-0.1, -0.05) is 90.7 Å². The Morgan fingerprint density at radius 3 is 1.30 bits per heavy atom. The molecule has 0 saturated carbocycles. The second-order valence-electron chi connectivity index (χ2n) is 30.7. The number of methoxy groups -OCH3 is 1. The zero-order valence-electron chi connectivity index (χ0n) is 68.6. The number of hydrogen-bond donors (Lipinski definition) is 3. The average molecular weight is 1820 g/mol. The van der Waals surface area contributed by atoms with E-state index in [1.807, 2.05) is 48.0 Å². The third-order valence-corrected chi connectivity index (χ3v) is 24.1. The Bertz CT molecular complexity index is 5910. The van der Waals surface area contributed by atoms with Crippen molar-refractivity contribution in [1.29, 1.82) is 0 Å². The first-order valence-electron chi connectivity index (χ1n) is 40.0. The number of anilines is 3. The number of ether oxygens (including phenoxy) is 8. The summed E-state index contributed by atoms with van der Waals surface area (Å²) in [6.45, 7) is 22.8. The summed E-state index contributed by atoms with van der Waals surface area (Å²) in [6, 6.07) is 12.9. The van der Waals surface area contributed by atoms with Crippen LogP contribution in [0.1, 0.15) is 13.3 Å². The van der Waals surface area contributed by atoms with Crippen molar-refractivity contribution in [2.75, 3.05) is 168 Å². The molecule has 42 heteroatoms. The third-order valence-electron chi connectivity index (χ3n) is 22.6. The van der Waals surface area contributed by atoms with Crippen molar-refractivity contribution in [2.45, 2.75) is 43.8 Å². The summed E-state index contributed by atoms with van der Waals surface area (Å²) in [6.07, 6.45) is 8.50. The number of para-hydroxylation sites is 1. The van der Waals surface area contributed by atoms with Crippen LogP contribution in [0.4, 0.5) is 30.6 Å². The molecule has 12 aromatic rings. The maximum atomic E-state index is 14.7. The fourth-order valence-corrected chi connectivity index (χ4v) is 17.0. The second-order valence-corrected chi connectivity index (χ2v) is 32.6. The number of carbonyl (C=O) groups is 3. The Balaban J connectivity index is 0.000000138. The van der Waals surface area contributed by atoms with Crippen LogP contribution < -0.4 is 43.1 Å². The van der Waals surface area contributed by atoms with E-state index in [4.69, 9.17) is 121 Å². The summed E-state index contributed by atoms with van der Waals surface area (Å²) >= 11 is 32.0. The van der Waals surface area contributed by atoms with E-state index >= 15 is 0 Å².